The van der Waals surface area contributed by atoms with Crippen LogP contribution in [0.2, 0.25) is 0 Å². The smallest absolute Gasteiger partial charge is 0.201 e. The number of nitrogen functional groups attached to an aromatic ring is 1. The van der Waals surface area contributed by atoms with E-state index in [1.165, 1.54) is 12.8 Å². The summed E-state index contributed by atoms with van der Waals surface area (Å²) in [6.07, 6.45) is 3.43. The maximum Gasteiger partial charge on any atom is 0.201 e. The van der Waals surface area contributed by atoms with Crippen LogP contribution < -0.4 is 10.5 Å². The molecule has 0 spiro atoms. The van der Waals surface area contributed by atoms with E-state index < -0.39 is 0 Å². The third-order valence-electron chi connectivity index (χ3n) is 4.93. The van der Waals surface area contributed by atoms with Crippen molar-refractivity contribution in [3.8, 4) is 5.75 Å². The zero-order valence-corrected chi connectivity index (χ0v) is 13.2. The van der Waals surface area contributed by atoms with Crippen LogP contribution in [0.15, 0.2) is 18.2 Å². The molecule has 0 radical (unpaired) electrons. The van der Waals surface area contributed by atoms with Gasteiger partial charge in [-0.3, -0.25) is 0 Å². The Kier molecular flexibility index (Phi) is 3.79. The zero-order chi connectivity index (χ0) is 15.0. The van der Waals surface area contributed by atoms with Crippen molar-refractivity contribution in [2.45, 2.75) is 46.1 Å². The summed E-state index contributed by atoms with van der Waals surface area (Å²) in [4.78, 5) is 4.59. The number of nitrogens with zero attached hydrogens (tertiary/aromatic N) is 2. The highest BCUT2D eigenvalue weighted by atomic mass is 16.5. The minimum absolute atomic E-state index is 0.450. The average molecular weight is 287 g/mol. The number of para-hydroxylation sites is 1. The molecule has 2 N–H and O–H groups in total. The third-order valence-corrected chi connectivity index (χ3v) is 4.93. The molecule has 21 heavy (non-hydrogen) atoms. The standard InChI is InChI=1S/C17H25N3O/c1-4-10-21-15-7-5-6-14-16(15)19-17(18)20(14)13-9-8-11(2)12(13)3/h5-7,11-13H,4,8-10H2,1-3H3,(H2,18,19). The summed E-state index contributed by atoms with van der Waals surface area (Å²) in [5.41, 5.74) is 8.24. The quantitative estimate of drug-likeness (QED) is 0.924. The first-order valence-electron chi connectivity index (χ1n) is 8.02. The average Bonchev–Trinajstić information content (AvgIpc) is 2.97. The molecule has 1 aliphatic rings. The summed E-state index contributed by atoms with van der Waals surface area (Å²) in [7, 11) is 0. The summed E-state index contributed by atoms with van der Waals surface area (Å²) in [5.74, 6) is 2.83. The number of nitrogens with two attached hydrogens (primary N) is 1. The Bertz CT molecular complexity index is 634. The number of hydrogen-bond donors (Lipinski definition) is 1. The normalized spacial score (nSPS) is 25.6. The predicted molar refractivity (Wildman–Crippen MR) is 86.5 cm³/mol. The van der Waals surface area contributed by atoms with Crippen LogP contribution in [0.25, 0.3) is 11.0 Å². The Morgan fingerprint density at radius 1 is 1.33 bits per heavy atom. The van der Waals surface area contributed by atoms with Gasteiger partial charge >= 0.3 is 0 Å². The van der Waals surface area contributed by atoms with Crippen LogP contribution in [0, 0.1) is 11.8 Å². The first kappa shape index (κ1) is 14.2. The lowest BCUT2D eigenvalue weighted by Gasteiger charge is -2.21. The Balaban J connectivity index is 2.05. The van der Waals surface area contributed by atoms with E-state index in [2.05, 4.69) is 36.4 Å². The number of ether oxygens (including phenoxy) is 1. The fourth-order valence-corrected chi connectivity index (χ4v) is 3.49. The molecule has 1 aliphatic carbocycles. The minimum Gasteiger partial charge on any atom is -0.491 e. The van der Waals surface area contributed by atoms with Crippen molar-refractivity contribution >= 4 is 17.0 Å². The summed E-state index contributed by atoms with van der Waals surface area (Å²) in [6.45, 7) is 7.47. The molecule has 1 fully saturated rings. The number of fused-ring (bicyclic) bond motifs is 1. The van der Waals surface area contributed by atoms with Gasteiger partial charge in [0.05, 0.1) is 12.1 Å². The molecular weight excluding hydrogens is 262 g/mol. The molecule has 3 unspecified atom stereocenters. The van der Waals surface area contributed by atoms with E-state index in [9.17, 15) is 0 Å². The fraction of sp³-hybridized carbons (Fsp3) is 0.588. The topological polar surface area (TPSA) is 53.1 Å². The van der Waals surface area contributed by atoms with Crippen LogP contribution in [-0.4, -0.2) is 16.2 Å². The van der Waals surface area contributed by atoms with E-state index in [0.29, 0.717) is 24.5 Å². The van der Waals surface area contributed by atoms with Crippen LogP contribution in [0.4, 0.5) is 5.95 Å². The molecule has 0 bridgehead atoms. The van der Waals surface area contributed by atoms with Crippen LogP contribution in [-0.2, 0) is 0 Å². The zero-order valence-electron chi connectivity index (χ0n) is 13.2. The molecule has 4 heteroatoms. The molecule has 114 valence electrons. The van der Waals surface area contributed by atoms with Crippen molar-refractivity contribution in [1.82, 2.24) is 9.55 Å². The molecule has 0 amide bonds. The van der Waals surface area contributed by atoms with Gasteiger partial charge in [-0.05, 0) is 43.2 Å². The molecule has 0 aliphatic heterocycles. The van der Waals surface area contributed by atoms with Gasteiger partial charge in [-0.2, -0.15) is 0 Å². The SMILES string of the molecule is CCCOc1cccc2c1nc(N)n2C1CCC(C)C1C. The molecule has 1 aromatic carbocycles. The Labute approximate surface area is 126 Å². The first-order valence-corrected chi connectivity index (χ1v) is 8.02. The number of aromatic nitrogens is 2. The van der Waals surface area contributed by atoms with Crippen molar-refractivity contribution < 1.29 is 4.74 Å². The molecule has 3 atom stereocenters. The van der Waals surface area contributed by atoms with Gasteiger partial charge in [0.1, 0.15) is 11.3 Å². The van der Waals surface area contributed by atoms with Gasteiger partial charge in [0.15, 0.2) is 0 Å². The molecule has 0 saturated heterocycles. The van der Waals surface area contributed by atoms with Gasteiger partial charge in [0, 0.05) is 6.04 Å². The second-order valence-corrected chi connectivity index (χ2v) is 6.29. The van der Waals surface area contributed by atoms with Crippen molar-refractivity contribution in [2.24, 2.45) is 11.8 Å². The van der Waals surface area contributed by atoms with Crippen molar-refractivity contribution in [3.63, 3.8) is 0 Å². The van der Waals surface area contributed by atoms with E-state index in [-0.39, 0.29) is 0 Å². The lowest BCUT2D eigenvalue weighted by Crippen LogP contribution is -2.16. The van der Waals surface area contributed by atoms with Gasteiger partial charge in [-0.1, -0.05) is 26.8 Å². The highest BCUT2D eigenvalue weighted by Crippen LogP contribution is 2.43. The van der Waals surface area contributed by atoms with E-state index in [1.54, 1.807) is 0 Å². The summed E-state index contributed by atoms with van der Waals surface area (Å²) in [5, 5.41) is 0. The predicted octanol–water partition coefficient (Wildman–Crippen LogP) is 4.01. The maximum absolute atomic E-state index is 6.23. The lowest BCUT2D eigenvalue weighted by molar-refractivity contribution is 0.320. The van der Waals surface area contributed by atoms with Crippen LogP contribution in [0.3, 0.4) is 0 Å². The molecule has 4 nitrogen and oxygen atoms in total. The summed E-state index contributed by atoms with van der Waals surface area (Å²) >= 11 is 0. The van der Waals surface area contributed by atoms with Gasteiger partial charge in [-0.25, -0.2) is 4.98 Å². The molecule has 1 aromatic heterocycles. The van der Waals surface area contributed by atoms with Gasteiger partial charge in [0.25, 0.3) is 0 Å². The highest BCUT2D eigenvalue weighted by molar-refractivity contribution is 5.84. The van der Waals surface area contributed by atoms with Crippen molar-refractivity contribution in [1.29, 1.82) is 0 Å². The molecule has 1 saturated carbocycles. The molecular formula is C17H25N3O. The Hall–Kier alpha value is -1.71. The molecule has 2 aromatic rings. The molecule has 3 rings (SSSR count). The number of benzene rings is 1. The van der Waals surface area contributed by atoms with Crippen molar-refractivity contribution in [3.05, 3.63) is 18.2 Å². The monoisotopic (exact) mass is 287 g/mol. The van der Waals surface area contributed by atoms with Gasteiger partial charge in [0.2, 0.25) is 5.95 Å². The van der Waals surface area contributed by atoms with Crippen molar-refractivity contribution in [2.75, 3.05) is 12.3 Å². The first-order chi connectivity index (χ1) is 10.1. The third kappa shape index (κ3) is 2.37. The number of rotatable bonds is 4. The second-order valence-electron chi connectivity index (χ2n) is 6.29. The summed E-state index contributed by atoms with van der Waals surface area (Å²) in [6, 6.07) is 6.57. The minimum atomic E-state index is 0.450. The van der Waals surface area contributed by atoms with Gasteiger partial charge < -0.3 is 15.0 Å². The number of anilines is 1. The summed E-state index contributed by atoms with van der Waals surface area (Å²) < 4.78 is 8.04. The lowest BCUT2D eigenvalue weighted by atomic mass is 9.97. The van der Waals surface area contributed by atoms with E-state index in [1.807, 2.05) is 12.1 Å². The van der Waals surface area contributed by atoms with Gasteiger partial charge in [-0.15, -0.1) is 0 Å². The Morgan fingerprint density at radius 3 is 2.81 bits per heavy atom. The Morgan fingerprint density at radius 2 is 2.14 bits per heavy atom. The number of hydrogen-bond acceptors (Lipinski definition) is 3. The van der Waals surface area contributed by atoms with Crippen LogP contribution in [0.1, 0.15) is 46.1 Å². The van der Waals surface area contributed by atoms with Crippen LogP contribution >= 0.6 is 0 Å². The maximum atomic E-state index is 6.23. The largest absolute Gasteiger partial charge is 0.491 e. The second kappa shape index (κ2) is 5.58. The highest BCUT2D eigenvalue weighted by Gasteiger charge is 2.33. The number of imidazole rings is 1. The van der Waals surface area contributed by atoms with E-state index >= 15 is 0 Å². The van der Waals surface area contributed by atoms with Crippen LogP contribution in [0.5, 0.6) is 5.75 Å². The molecule has 1 heterocycles. The van der Waals surface area contributed by atoms with E-state index in [4.69, 9.17) is 10.5 Å². The fourth-order valence-electron chi connectivity index (χ4n) is 3.49. The van der Waals surface area contributed by atoms with E-state index in [0.717, 1.165) is 29.1 Å².